The molecule has 0 radical (unpaired) electrons. The van der Waals surface area contributed by atoms with Crippen LogP contribution in [-0.4, -0.2) is 17.0 Å². The molecule has 3 aromatic rings. The number of thiazole rings is 1. The first-order valence-corrected chi connectivity index (χ1v) is 10.6. The van der Waals surface area contributed by atoms with Crippen molar-refractivity contribution in [3.8, 4) is 17.0 Å². The van der Waals surface area contributed by atoms with E-state index in [0.717, 1.165) is 23.4 Å². The molecule has 4 rings (SSSR count). The largest absolute Gasteiger partial charge is 0.491 e. The van der Waals surface area contributed by atoms with E-state index in [1.54, 1.807) is 12.1 Å². The summed E-state index contributed by atoms with van der Waals surface area (Å²) < 4.78 is 5.62. The molecule has 0 unspecified atom stereocenters. The summed E-state index contributed by atoms with van der Waals surface area (Å²) in [5.74, 6) is 0.595. The average molecular weight is 393 g/mol. The molecule has 1 aliphatic rings. The van der Waals surface area contributed by atoms with Gasteiger partial charge in [-0.15, -0.1) is 11.3 Å². The topological polar surface area (TPSA) is 51.2 Å². The number of nitrogens with zero attached hydrogens (tertiary/aromatic N) is 1. The number of hydrogen-bond donors (Lipinski definition) is 1. The van der Waals surface area contributed by atoms with Crippen LogP contribution in [0.3, 0.4) is 0 Å². The van der Waals surface area contributed by atoms with Gasteiger partial charge in [-0.05, 0) is 81.0 Å². The minimum Gasteiger partial charge on any atom is -0.491 e. The Hall–Kier alpha value is -2.66. The fraction of sp³-hybridized carbons (Fsp3) is 0.304. The van der Waals surface area contributed by atoms with E-state index in [0.29, 0.717) is 10.7 Å². The van der Waals surface area contributed by atoms with Crippen molar-refractivity contribution >= 4 is 22.4 Å². The van der Waals surface area contributed by atoms with Gasteiger partial charge in [0.1, 0.15) is 5.75 Å². The van der Waals surface area contributed by atoms with Gasteiger partial charge in [0.2, 0.25) is 0 Å². The highest BCUT2D eigenvalue weighted by Crippen LogP contribution is 2.29. The van der Waals surface area contributed by atoms with E-state index in [1.165, 1.54) is 41.7 Å². The van der Waals surface area contributed by atoms with Crippen LogP contribution in [0.15, 0.2) is 47.8 Å². The van der Waals surface area contributed by atoms with E-state index in [9.17, 15) is 4.79 Å². The predicted octanol–water partition coefficient (Wildman–Crippen LogP) is 5.73. The van der Waals surface area contributed by atoms with Gasteiger partial charge >= 0.3 is 0 Å². The Kier molecular flexibility index (Phi) is 5.44. The van der Waals surface area contributed by atoms with Gasteiger partial charge in [0, 0.05) is 16.5 Å². The third kappa shape index (κ3) is 4.25. The molecule has 1 heterocycles. The Morgan fingerprint density at radius 1 is 1.07 bits per heavy atom. The second-order valence-corrected chi connectivity index (χ2v) is 8.23. The molecule has 1 aromatic heterocycles. The van der Waals surface area contributed by atoms with E-state index < -0.39 is 0 Å². The van der Waals surface area contributed by atoms with Gasteiger partial charge in [0.05, 0.1) is 11.8 Å². The predicted molar refractivity (Wildman–Crippen MR) is 114 cm³/mol. The molecule has 0 saturated carbocycles. The molecule has 28 heavy (non-hydrogen) atoms. The number of anilines is 1. The quantitative estimate of drug-likeness (QED) is 0.603. The van der Waals surface area contributed by atoms with E-state index in [4.69, 9.17) is 4.74 Å². The summed E-state index contributed by atoms with van der Waals surface area (Å²) in [7, 11) is 0. The first-order chi connectivity index (χ1) is 13.6. The number of carbonyl (C=O) groups excluding carboxylic acids is 1. The molecule has 2 aromatic carbocycles. The molecule has 1 N–H and O–H groups in total. The van der Waals surface area contributed by atoms with Gasteiger partial charge in [-0.2, -0.15) is 0 Å². The van der Waals surface area contributed by atoms with Crippen molar-refractivity contribution in [3.63, 3.8) is 0 Å². The molecule has 0 saturated heterocycles. The Bertz CT molecular complexity index is 977. The lowest BCUT2D eigenvalue weighted by Gasteiger charge is -2.16. The molecular formula is C23H24N2O2S. The fourth-order valence-corrected chi connectivity index (χ4v) is 4.20. The molecule has 0 spiro atoms. The Morgan fingerprint density at radius 3 is 2.57 bits per heavy atom. The van der Waals surface area contributed by atoms with Crippen molar-refractivity contribution in [2.75, 3.05) is 5.32 Å². The zero-order chi connectivity index (χ0) is 19.5. The van der Waals surface area contributed by atoms with E-state index in [1.807, 2.05) is 31.4 Å². The summed E-state index contributed by atoms with van der Waals surface area (Å²) in [6, 6.07) is 13.8. The maximum absolute atomic E-state index is 12.5. The summed E-state index contributed by atoms with van der Waals surface area (Å²) in [6.07, 6.45) is 4.97. The highest BCUT2D eigenvalue weighted by molar-refractivity contribution is 7.14. The monoisotopic (exact) mass is 392 g/mol. The Labute approximate surface area is 169 Å². The van der Waals surface area contributed by atoms with Crippen LogP contribution in [0.4, 0.5) is 5.13 Å². The van der Waals surface area contributed by atoms with Crippen molar-refractivity contribution in [1.29, 1.82) is 0 Å². The summed E-state index contributed by atoms with van der Waals surface area (Å²) in [5.41, 5.74) is 5.51. The molecule has 1 amide bonds. The van der Waals surface area contributed by atoms with Crippen LogP contribution in [0.25, 0.3) is 11.3 Å². The van der Waals surface area contributed by atoms with E-state index >= 15 is 0 Å². The molecule has 1 aliphatic carbocycles. The lowest BCUT2D eigenvalue weighted by atomic mass is 9.90. The van der Waals surface area contributed by atoms with E-state index in [-0.39, 0.29) is 12.0 Å². The Morgan fingerprint density at radius 2 is 1.82 bits per heavy atom. The number of ether oxygens (including phenoxy) is 1. The highest BCUT2D eigenvalue weighted by Gasteiger charge is 2.13. The third-order valence-corrected chi connectivity index (χ3v) is 5.61. The van der Waals surface area contributed by atoms with Crippen molar-refractivity contribution in [1.82, 2.24) is 4.98 Å². The second-order valence-electron chi connectivity index (χ2n) is 7.37. The number of fused-ring (bicyclic) bond motifs is 1. The van der Waals surface area contributed by atoms with Gasteiger partial charge in [0.25, 0.3) is 5.91 Å². The Balaban J connectivity index is 1.45. The molecule has 4 nitrogen and oxygen atoms in total. The van der Waals surface area contributed by atoms with Gasteiger partial charge < -0.3 is 4.74 Å². The number of amides is 1. The highest BCUT2D eigenvalue weighted by atomic mass is 32.1. The van der Waals surface area contributed by atoms with Gasteiger partial charge in [-0.25, -0.2) is 4.98 Å². The molecule has 0 atom stereocenters. The van der Waals surface area contributed by atoms with Crippen molar-refractivity contribution in [2.45, 2.75) is 45.6 Å². The number of aryl methyl sites for hydroxylation is 2. The fourth-order valence-electron chi connectivity index (χ4n) is 3.48. The minimum atomic E-state index is -0.164. The normalized spacial score (nSPS) is 13.2. The summed E-state index contributed by atoms with van der Waals surface area (Å²) >= 11 is 1.45. The lowest BCUT2D eigenvalue weighted by molar-refractivity contribution is 0.102. The maximum Gasteiger partial charge on any atom is 0.257 e. The van der Waals surface area contributed by atoms with Crippen LogP contribution in [0.1, 0.15) is 48.2 Å². The zero-order valence-electron chi connectivity index (χ0n) is 16.2. The SMILES string of the molecule is CC(C)Oc1ccc(C(=O)Nc2nc(-c3ccc4c(c3)CCCC4)cs2)cc1. The smallest absolute Gasteiger partial charge is 0.257 e. The van der Waals surface area contributed by atoms with Crippen LogP contribution < -0.4 is 10.1 Å². The minimum absolute atomic E-state index is 0.108. The van der Waals surface area contributed by atoms with Crippen LogP contribution in [0.5, 0.6) is 5.75 Å². The number of aromatic nitrogens is 1. The van der Waals surface area contributed by atoms with E-state index in [2.05, 4.69) is 28.5 Å². The van der Waals surface area contributed by atoms with Crippen LogP contribution in [0.2, 0.25) is 0 Å². The standard InChI is InChI=1S/C23H24N2O2S/c1-15(2)27-20-11-9-17(10-12-20)22(26)25-23-24-21(14-28-23)19-8-7-16-5-3-4-6-18(16)13-19/h7-15H,3-6H2,1-2H3,(H,24,25,26). The van der Waals surface area contributed by atoms with Crippen molar-refractivity contribution in [2.24, 2.45) is 0 Å². The first kappa shape index (κ1) is 18.7. The molecule has 144 valence electrons. The maximum atomic E-state index is 12.5. The van der Waals surface area contributed by atoms with Crippen LogP contribution in [0, 0.1) is 0 Å². The molecular weight excluding hydrogens is 368 g/mol. The number of hydrogen-bond acceptors (Lipinski definition) is 4. The number of benzene rings is 2. The lowest BCUT2D eigenvalue weighted by Crippen LogP contribution is -2.12. The molecule has 0 aliphatic heterocycles. The number of nitrogens with one attached hydrogen (secondary N) is 1. The second kappa shape index (κ2) is 8.15. The number of carbonyl (C=O) groups is 1. The molecule has 0 bridgehead atoms. The van der Waals surface area contributed by atoms with Crippen LogP contribution >= 0.6 is 11.3 Å². The van der Waals surface area contributed by atoms with Crippen molar-refractivity contribution in [3.05, 3.63) is 64.5 Å². The summed E-state index contributed by atoms with van der Waals surface area (Å²) in [5, 5.41) is 5.51. The molecule has 5 heteroatoms. The molecule has 0 fully saturated rings. The first-order valence-electron chi connectivity index (χ1n) is 9.74. The summed E-state index contributed by atoms with van der Waals surface area (Å²) in [4.78, 5) is 17.1. The zero-order valence-corrected chi connectivity index (χ0v) is 17.0. The third-order valence-electron chi connectivity index (χ3n) is 4.86. The van der Waals surface area contributed by atoms with Gasteiger partial charge in [0.15, 0.2) is 5.13 Å². The summed E-state index contributed by atoms with van der Waals surface area (Å²) in [6.45, 7) is 3.95. The number of rotatable bonds is 5. The van der Waals surface area contributed by atoms with Crippen molar-refractivity contribution < 1.29 is 9.53 Å². The van der Waals surface area contributed by atoms with Gasteiger partial charge in [-0.1, -0.05) is 12.1 Å². The van der Waals surface area contributed by atoms with Gasteiger partial charge in [-0.3, -0.25) is 10.1 Å². The van der Waals surface area contributed by atoms with Crippen LogP contribution in [-0.2, 0) is 12.8 Å². The average Bonchev–Trinajstić information content (AvgIpc) is 3.16.